The van der Waals surface area contributed by atoms with Crippen molar-refractivity contribution in [3.05, 3.63) is 82.5 Å². The van der Waals surface area contributed by atoms with Gasteiger partial charge in [0.25, 0.3) is 0 Å². The summed E-state index contributed by atoms with van der Waals surface area (Å²) in [7, 11) is 9.40. The number of carbonyl (C=O) groups is 8. The maximum Gasteiger partial charge on any atom is 0.409 e. The zero-order chi connectivity index (χ0) is 68.9. The number of amides is 7. The Morgan fingerprint density at radius 1 is 0.914 bits per heavy atom. The molecule has 516 valence electrons. The lowest BCUT2D eigenvalue weighted by Crippen LogP contribution is -2.63. The minimum atomic E-state index is -2.03. The Balaban J connectivity index is 1.11. The summed E-state index contributed by atoms with van der Waals surface area (Å²) in [5.41, 5.74) is 3.05. The summed E-state index contributed by atoms with van der Waals surface area (Å²) in [5, 5.41) is 40.9. The van der Waals surface area contributed by atoms with Crippen molar-refractivity contribution in [1.29, 1.82) is 0 Å². The minimum absolute atomic E-state index is 0.0000635. The topological polar surface area (TPSA) is 319 Å². The number of hydrazine groups is 1. The average molecular weight is 1320 g/mol. The molecule has 5 rings (SSSR count). The van der Waals surface area contributed by atoms with E-state index >= 15 is 0 Å². The number of anilines is 1. The van der Waals surface area contributed by atoms with Crippen LogP contribution in [-0.4, -0.2) is 201 Å². The molecule has 1 aromatic heterocycles. The number of alkyl carbamates (subject to hydrolysis) is 1. The van der Waals surface area contributed by atoms with Crippen LogP contribution in [0.25, 0.3) is 10.9 Å². The van der Waals surface area contributed by atoms with E-state index in [4.69, 9.17) is 40.0 Å². The largest absolute Gasteiger partial charge is 0.495 e. The molecule has 3 aromatic rings. The molecule has 8 N–H and O–H groups in total. The van der Waals surface area contributed by atoms with Gasteiger partial charge in [-0.1, -0.05) is 87.7 Å². The number of esters is 1. The van der Waals surface area contributed by atoms with E-state index in [1.54, 1.807) is 45.1 Å². The molecule has 2 aliphatic heterocycles. The number of fused-ring (bicyclic) bond motifs is 5. The highest BCUT2D eigenvalue weighted by atomic mass is 35.5. The van der Waals surface area contributed by atoms with Crippen LogP contribution in [0.5, 0.6) is 5.75 Å². The molecular weight excluding hydrogens is 1220 g/mol. The average Bonchev–Trinajstić information content (AvgIpc) is 1.46. The Hall–Kier alpha value is -7.17. The lowest BCUT2D eigenvalue weighted by atomic mass is 9.81. The van der Waals surface area contributed by atoms with Crippen molar-refractivity contribution in [3.63, 3.8) is 0 Å². The standard InChI is InChI=1S/C66H99ClN10O16/c1-15-19-48(71-55(78)24-27-77-47(39-74(10)68-9)35-46-21-16-17-22-49(46)77)60(81)69-26-29-91-31-30-90-28-25-56(79)72-59(40(2)3)61(82)70-43(6)62(83)75(11)44(7)63(84)93-54-36-57(80)76(12)50-33-45(34-51(88-13)58(50)67)32-41(4)20-18-23-53(89-14)66(87)38-52(92-64(85)73-66)42(5)37-65(54,8)86/h16-18,20-23,33-35,40,42-44,48,52-54,59,68,86-87H,15,19,24-32,36-39H2,1-14H3,(H,69,81)(H,70,82)(H,71,78)(H,72,79)(H,73,85). The number of aliphatic hydroxyl groups is 2. The summed E-state index contributed by atoms with van der Waals surface area (Å²) in [5.74, 6) is -4.94. The SMILES string of the molecule is CCCC(NC(=O)CCn1c(CN(C)NC)cc2ccccc21)C(=O)NCCOCCOCCC(=O)NC(C(=O)NC(C)C(=O)N(C)C(C)C(=O)OC1CC(=O)N(C)c2cc(cc(OC)c2Cl)CC(C)=CC=CC(OC)C2(O)CC(OC(=O)N2)C(C)CC1(C)O)C(C)C. The summed E-state index contributed by atoms with van der Waals surface area (Å²) < 4.78 is 36.3. The molecule has 10 unspecified atom stereocenters. The number of nitrogens with one attached hydrogen (secondary N) is 6. The highest BCUT2D eigenvalue weighted by Crippen LogP contribution is 2.39. The number of rotatable bonds is 29. The summed E-state index contributed by atoms with van der Waals surface area (Å²) in [4.78, 5) is 111. The normalized spacial score (nSPS) is 21.8. The molecule has 0 spiro atoms. The van der Waals surface area contributed by atoms with Crippen molar-refractivity contribution in [2.75, 3.05) is 80.3 Å². The number of allylic oxidation sites excluding steroid dienone is 3. The number of carbonyl (C=O) groups excluding carboxylic acids is 8. The highest BCUT2D eigenvalue weighted by molar-refractivity contribution is 6.35. The van der Waals surface area contributed by atoms with Gasteiger partial charge in [-0.3, -0.25) is 39.5 Å². The van der Waals surface area contributed by atoms with E-state index in [1.165, 1.54) is 54.0 Å². The van der Waals surface area contributed by atoms with Crippen molar-refractivity contribution in [1.82, 2.24) is 46.5 Å². The molecule has 26 nitrogen and oxygen atoms in total. The van der Waals surface area contributed by atoms with Gasteiger partial charge in [0.15, 0.2) is 5.72 Å². The van der Waals surface area contributed by atoms with Gasteiger partial charge >= 0.3 is 12.1 Å². The van der Waals surface area contributed by atoms with Gasteiger partial charge in [-0.05, 0) is 101 Å². The van der Waals surface area contributed by atoms with Gasteiger partial charge < -0.3 is 74.3 Å². The van der Waals surface area contributed by atoms with Crippen molar-refractivity contribution in [3.8, 4) is 5.75 Å². The van der Waals surface area contributed by atoms with Crippen LogP contribution < -0.4 is 41.6 Å². The second-order valence-corrected chi connectivity index (χ2v) is 25.1. The number of methoxy groups -OCH3 is 2. The van der Waals surface area contributed by atoms with Gasteiger partial charge in [-0.25, -0.2) is 14.6 Å². The van der Waals surface area contributed by atoms with Crippen LogP contribution in [0, 0.1) is 11.8 Å². The zero-order valence-corrected chi connectivity index (χ0v) is 57.1. The number of para-hydroxylation sites is 1. The second kappa shape index (κ2) is 35.9. The van der Waals surface area contributed by atoms with Crippen LogP contribution in [0.3, 0.4) is 0 Å². The Morgan fingerprint density at radius 3 is 2.27 bits per heavy atom. The molecule has 0 radical (unpaired) electrons. The molecule has 4 bridgehead atoms. The van der Waals surface area contributed by atoms with E-state index < -0.39 is 108 Å². The molecule has 2 aliphatic rings. The minimum Gasteiger partial charge on any atom is -0.495 e. The van der Waals surface area contributed by atoms with Crippen LogP contribution in [0.15, 0.2) is 66.3 Å². The fourth-order valence-electron chi connectivity index (χ4n) is 11.2. The Kier molecular flexibility index (Phi) is 29.6. The number of hydrogen-bond acceptors (Lipinski definition) is 18. The van der Waals surface area contributed by atoms with Crippen molar-refractivity contribution in [2.45, 2.75) is 174 Å². The molecule has 1 saturated heterocycles. The smallest absolute Gasteiger partial charge is 0.409 e. The second-order valence-electron chi connectivity index (χ2n) is 24.7. The highest BCUT2D eigenvalue weighted by Gasteiger charge is 2.49. The molecule has 10 atom stereocenters. The number of aromatic nitrogens is 1. The number of likely N-dealkylation sites (N-methyl/N-ethyl adjacent to an activating group) is 1. The van der Waals surface area contributed by atoms with Crippen LogP contribution in [0.4, 0.5) is 10.5 Å². The lowest BCUT2D eigenvalue weighted by Gasteiger charge is -2.43. The van der Waals surface area contributed by atoms with Gasteiger partial charge in [-0.2, -0.15) is 0 Å². The van der Waals surface area contributed by atoms with Crippen molar-refractivity contribution < 1.29 is 77.0 Å². The maximum atomic E-state index is 14.4. The number of benzene rings is 2. The van der Waals surface area contributed by atoms with Gasteiger partial charge in [0.1, 0.15) is 53.3 Å². The Morgan fingerprint density at radius 2 is 1.60 bits per heavy atom. The summed E-state index contributed by atoms with van der Waals surface area (Å²) in [6.45, 7) is 14.8. The summed E-state index contributed by atoms with van der Waals surface area (Å²) >= 11 is 6.81. The molecular formula is C66H99ClN10O16. The third kappa shape index (κ3) is 22.0. The van der Waals surface area contributed by atoms with E-state index in [-0.39, 0.29) is 86.9 Å². The third-order valence-corrected chi connectivity index (χ3v) is 17.2. The van der Waals surface area contributed by atoms with E-state index in [0.717, 1.165) is 27.1 Å². The van der Waals surface area contributed by atoms with E-state index in [2.05, 4.69) is 42.6 Å². The first kappa shape index (κ1) is 76.5. The van der Waals surface area contributed by atoms with Gasteiger partial charge in [0.2, 0.25) is 35.4 Å². The monoisotopic (exact) mass is 1320 g/mol. The van der Waals surface area contributed by atoms with Crippen LogP contribution in [0.2, 0.25) is 5.02 Å². The molecule has 0 aliphatic carbocycles. The maximum absolute atomic E-state index is 14.4. The Bertz CT molecular complexity index is 3120. The fraction of sp³-hybridized carbons (Fsp3) is 0.606. The molecule has 1 fully saturated rings. The van der Waals surface area contributed by atoms with E-state index in [1.807, 2.05) is 63.3 Å². The molecule has 93 heavy (non-hydrogen) atoms. The van der Waals surface area contributed by atoms with Crippen molar-refractivity contribution >= 4 is 75.7 Å². The molecule has 0 saturated carbocycles. The van der Waals surface area contributed by atoms with Gasteiger partial charge in [0.05, 0.1) is 57.8 Å². The van der Waals surface area contributed by atoms with Crippen LogP contribution in [0.1, 0.15) is 112 Å². The number of hydrogen-bond donors (Lipinski definition) is 8. The lowest BCUT2D eigenvalue weighted by molar-refractivity contribution is -0.177. The third-order valence-electron chi connectivity index (χ3n) is 16.8. The summed E-state index contributed by atoms with van der Waals surface area (Å²) in [6, 6.07) is 9.22. The first-order valence-corrected chi connectivity index (χ1v) is 32.0. The molecule has 2 aromatic carbocycles. The molecule has 7 amide bonds. The van der Waals surface area contributed by atoms with E-state index in [0.29, 0.717) is 37.9 Å². The van der Waals surface area contributed by atoms with Crippen LogP contribution >= 0.6 is 11.6 Å². The predicted octanol–water partition coefficient (Wildman–Crippen LogP) is 4.58. The zero-order valence-electron chi connectivity index (χ0n) is 56.4. The van der Waals surface area contributed by atoms with E-state index in [9.17, 15) is 48.6 Å². The first-order valence-electron chi connectivity index (χ1n) is 31.7. The quantitative estimate of drug-likeness (QED) is 0.0268. The number of aryl methyl sites for hydroxylation is 1. The first-order chi connectivity index (χ1) is 44.0. The van der Waals surface area contributed by atoms with Gasteiger partial charge in [-0.15, -0.1) is 0 Å². The fourth-order valence-corrected chi connectivity index (χ4v) is 11.5. The predicted molar refractivity (Wildman–Crippen MR) is 350 cm³/mol. The van der Waals surface area contributed by atoms with Crippen LogP contribution in [-0.2, 0) is 76.8 Å². The number of ether oxygens (including phenoxy) is 6. The van der Waals surface area contributed by atoms with Gasteiger partial charge in [0, 0.05) is 71.8 Å². The number of halogens is 1. The molecule has 27 heteroatoms. The number of nitrogens with zero attached hydrogens (tertiary/aromatic N) is 4. The molecule has 3 heterocycles. The Labute approximate surface area is 551 Å². The summed E-state index contributed by atoms with van der Waals surface area (Å²) in [6.07, 6.45) is 1.09. The van der Waals surface area contributed by atoms with Crippen molar-refractivity contribution in [2.24, 2.45) is 11.8 Å².